The van der Waals surface area contributed by atoms with Gasteiger partial charge in [-0.15, -0.1) is 0 Å². The zero-order valence-electron chi connectivity index (χ0n) is 9.95. The third-order valence-electron chi connectivity index (χ3n) is 3.80. The Hall–Kier alpha value is -0.480. The molecular formula is C13H18P. The van der Waals surface area contributed by atoms with E-state index < -0.39 is 6.89 Å². The van der Waals surface area contributed by atoms with Crippen LogP contribution < -0.4 is 0 Å². The number of allylic oxidation sites excluding steroid dienone is 6. The summed E-state index contributed by atoms with van der Waals surface area (Å²) in [5.41, 5.74) is 5.85. The van der Waals surface area contributed by atoms with Crippen molar-refractivity contribution in [3.63, 3.8) is 0 Å². The van der Waals surface area contributed by atoms with E-state index in [1.54, 1.807) is 5.29 Å². The summed E-state index contributed by atoms with van der Waals surface area (Å²) in [5, 5.41) is 3.10. The summed E-state index contributed by atoms with van der Waals surface area (Å²) in [6.45, 7) is 12.8. The van der Waals surface area contributed by atoms with Crippen LogP contribution in [0.25, 0.3) is 0 Å². The summed E-state index contributed by atoms with van der Waals surface area (Å²) in [6, 6.07) is 0. The Morgan fingerprint density at radius 1 is 0.857 bits per heavy atom. The van der Waals surface area contributed by atoms with Gasteiger partial charge in [0.2, 0.25) is 0 Å². The summed E-state index contributed by atoms with van der Waals surface area (Å²) in [6.07, 6.45) is 3.58. The van der Waals surface area contributed by atoms with Gasteiger partial charge < -0.3 is 0 Å². The highest BCUT2D eigenvalue weighted by Crippen LogP contribution is 2.59. The zero-order chi connectivity index (χ0) is 10.7. The third kappa shape index (κ3) is 1.01. The fourth-order valence-corrected chi connectivity index (χ4v) is 4.87. The van der Waals surface area contributed by atoms with Crippen LogP contribution in [0.15, 0.2) is 27.6 Å². The molecule has 1 aliphatic heterocycles. The zero-order valence-corrected chi connectivity index (χ0v) is 10.8. The van der Waals surface area contributed by atoms with Crippen LogP contribution in [-0.2, 0) is 0 Å². The normalized spacial score (nSPS) is 24.7. The minimum Gasteiger partial charge on any atom is -0.0787 e. The number of fused-ring (bicyclic) bond motifs is 1. The monoisotopic (exact) mass is 205 g/mol. The maximum absolute atomic E-state index is 3.58. The molecule has 1 aliphatic carbocycles. The predicted octanol–water partition coefficient (Wildman–Crippen LogP) is 3.82. The molecule has 0 atom stereocenters. The highest BCUT2D eigenvalue weighted by atomic mass is 31.2. The second-order valence-corrected chi connectivity index (χ2v) is 8.79. The van der Waals surface area contributed by atoms with Gasteiger partial charge in [0.25, 0.3) is 0 Å². The Labute approximate surface area is 87.4 Å². The molecular weight excluding hydrogens is 187 g/mol. The van der Waals surface area contributed by atoms with E-state index in [-0.39, 0.29) is 0 Å². The first kappa shape index (κ1) is 10.1. The van der Waals surface area contributed by atoms with Crippen molar-refractivity contribution in [2.24, 2.45) is 0 Å². The summed E-state index contributed by atoms with van der Waals surface area (Å²) in [7, 11) is 0. The Morgan fingerprint density at radius 2 is 1.43 bits per heavy atom. The topological polar surface area (TPSA) is 0 Å². The molecule has 0 aromatic carbocycles. The number of rotatable bonds is 0. The van der Waals surface area contributed by atoms with Gasteiger partial charge in [0.05, 0.1) is 0 Å². The fourth-order valence-electron chi connectivity index (χ4n) is 2.35. The molecule has 14 heavy (non-hydrogen) atoms. The van der Waals surface area contributed by atoms with E-state index in [1.165, 1.54) is 27.6 Å². The first-order chi connectivity index (χ1) is 6.37. The molecule has 1 heteroatoms. The molecule has 0 spiro atoms. The average molecular weight is 205 g/mol. The third-order valence-corrected chi connectivity index (χ3v) is 7.26. The van der Waals surface area contributed by atoms with Gasteiger partial charge in [0.15, 0.2) is 0 Å². The molecule has 1 heterocycles. The smallest absolute Gasteiger partial charge is 0.00591 e. The van der Waals surface area contributed by atoms with Crippen molar-refractivity contribution in [3.05, 3.63) is 33.7 Å². The van der Waals surface area contributed by atoms with Gasteiger partial charge >= 0.3 is 0 Å². The van der Waals surface area contributed by atoms with Gasteiger partial charge in [0.1, 0.15) is 0 Å². The maximum atomic E-state index is 3.58. The second kappa shape index (κ2) is 2.76. The quantitative estimate of drug-likeness (QED) is 0.527. The first-order valence-electron chi connectivity index (χ1n) is 5.09. The van der Waals surface area contributed by atoms with E-state index in [9.17, 15) is 0 Å². The Kier molecular flexibility index (Phi) is 1.98. The molecule has 1 radical (unpaired) electrons. The van der Waals surface area contributed by atoms with Crippen LogP contribution in [0, 0.1) is 6.08 Å². The maximum Gasteiger partial charge on any atom is -0.00591 e. The molecule has 75 valence electrons. The van der Waals surface area contributed by atoms with Crippen LogP contribution in [0.4, 0.5) is 0 Å². The van der Waals surface area contributed by atoms with Crippen LogP contribution in [0.2, 0.25) is 0 Å². The van der Waals surface area contributed by atoms with Gasteiger partial charge in [-0.2, -0.15) is 0 Å². The molecule has 2 aliphatic rings. The van der Waals surface area contributed by atoms with E-state index in [0.717, 1.165) is 0 Å². The predicted molar refractivity (Wildman–Crippen MR) is 67.3 cm³/mol. The van der Waals surface area contributed by atoms with Crippen LogP contribution in [0.3, 0.4) is 0 Å². The van der Waals surface area contributed by atoms with E-state index in [2.05, 4.69) is 47.1 Å². The van der Waals surface area contributed by atoms with Gasteiger partial charge in [0, 0.05) is 0 Å². The van der Waals surface area contributed by atoms with Crippen LogP contribution in [0.1, 0.15) is 27.7 Å². The van der Waals surface area contributed by atoms with Gasteiger partial charge in [-0.3, -0.25) is 0 Å². The largest absolute Gasteiger partial charge is 0.0787 e. The summed E-state index contributed by atoms with van der Waals surface area (Å²) >= 11 is 0. The van der Waals surface area contributed by atoms with Crippen LogP contribution >= 0.6 is 6.89 Å². The van der Waals surface area contributed by atoms with E-state index >= 15 is 0 Å². The molecule has 0 nitrogen and oxygen atoms in total. The van der Waals surface area contributed by atoms with Gasteiger partial charge in [-0.05, 0) is 80.0 Å². The van der Waals surface area contributed by atoms with Gasteiger partial charge in [-0.1, -0.05) is 6.89 Å². The molecule has 0 aromatic rings. The van der Waals surface area contributed by atoms with E-state index in [4.69, 9.17) is 0 Å². The molecule has 0 saturated carbocycles. The van der Waals surface area contributed by atoms with Crippen molar-refractivity contribution in [2.75, 3.05) is 13.3 Å². The van der Waals surface area contributed by atoms with Crippen molar-refractivity contribution >= 4 is 12.2 Å². The molecule has 0 aromatic heterocycles. The van der Waals surface area contributed by atoms with Crippen molar-refractivity contribution in [2.45, 2.75) is 27.7 Å². The molecule has 0 N–H and O–H groups in total. The lowest BCUT2D eigenvalue weighted by atomic mass is 10.1. The molecule has 2 rings (SSSR count). The Bertz CT molecular complexity index is 461. The van der Waals surface area contributed by atoms with Crippen LogP contribution in [0.5, 0.6) is 0 Å². The lowest BCUT2D eigenvalue weighted by Gasteiger charge is -2.16. The highest BCUT2D eigenvalue weighted by Gasteiger charge is 2.31. The summed E-state index contributed by atoms with van der Waals surface area (Å²) in [5.74, 6) is 0. The van der Waals surface area contributed by atoms with Crippen molar-refractivity contribution < 1.29 is 0 Å². The Morgan fingerprint density at radius 3 is 1.93 bits per heavy atom. The molecule has 0 saturated heterocycles. The second-order valence-electron chi connectivity index (χ2n) is 4.76. The fraction of sp³-hybridized carbons (Fsp3) is 0.462. The summed E-state index contributed by atoms with van der Waals surface area (Å²) in [4.78, 5) is 0. The first-order valence-corrected chi connectivity index (χ1v) is 7.77. The molecule has 0 bridgehead atoms. The van der Waals surface area contributed by atoms with Gasteiger partial charge in [-0.25, -0.2) is 0 Å². The lowest BCUT2D eigenvalue weighted by molar-refractivity contribution is 1.32. The minimum atomic E-state index is -1.01. The Balaban J connectivity index is 2.83. The minimum absolute atomic E-state index is 1.01. The van der Waals surface area contributed by atoms with Crippen LogP contribution in [-0.4, -0.2) is 18.6 Å². The number of hydrogen-bond acceptors (Lipinski definition) is 0. The van der Waals surface area contributed by atoms with E-state index in [0.29, 0.717) is 0 Å². The lowest BCUT2D eigenvalue weighted by Crippen LogP contribution is -1.98. The van der Waals surface area contributed by atoms with Crippen molar-refractivity contribution in [1.29, 1.82) is 0 Å². The number of hydrogen-bond donors (Lipinski definition) is 0. The van der Waals surface area contributed by atoms with Crippen molar-refractivity contribution in [3.8, 4) is 0 Å². The standard InChI is InChI=1S/C13H18P/c1-8-7-12-10(3)9(2)11(4)13(12)14(8,5)6/h1-6H3. The SMILES string of the molecule is CC1=[C]C2=C(C)C(C)=C(C)C2=P1(C)C. The van der Waals surface area contributed by atoms with Crippen molar-refractivity contribution in [1.82, 2.24) is 0 Å². The molecule has 0 unspecified atom stereocenters. The molecule has 0 amide bonds. The van der Waals surface area contributed by atoms with E-state index in [1.807, 2.05) is 0 Å². The average Bonchev–Trinajstić information content (AvgIpc) is 2.45. The highest BCUT2D eigenvalue weighted by molar-refractivity contribution is 7.80. The summed E-state index contributed by atoms with van der Waals surface area (Å²) < 4.78 is 0. The molecule has 0 fully saturated rings.